The molecule has 1 aromatic rings. The molecular weight excluding hydrogens is 238 g/mol. The van der Waals surface area contributed by atoms with Gasteiger partial charge in [0.1, 0.15) is 5.82 Å². The van der Waals surface area contributed by atoms with E-state index in [1.807, 2.05) is 6.07 Å². The second kappa shape index (κ2) is 6.04. The van der Waals surface area contributed by atoms with Crippen LogP contribution in [-0.2, 0) is 6.42 Å². The molecule has 0 aliphatic heterocycles. The van der Waals surface area contributed by atoms with Crippen molar-refractivity contribution in [2.24, 2.45) is 5.92 Å². The number of amides is 1. The number of carbonyl (C=O) groups is 1. The first-order valence-electron chi connectivity index (χ1n) is 7.15. The van der Waals surface area contributed by atoms with Gasteiger partial charge in [-0.05, 0) is 37.8 Å². The van der Waals surface area contributed by atoms with Crippen molar-refractivity contribution in [3.63, 3.8) is 0 Å². The topological polar surface area (TPSA) is 68.0 Å². The summed E-state index contributed by atoms with van der Waals surface area (Å²) >= 11 is 0. The molecule has 1 atom stereocenters. The number of anilines is 1. The summed E-state index contributed by atoms with van der Waals surface area (Å²) in [5.41, 5.74) is 7.27. The first-order chi connectivity index (χ1) is 9.08. The Bertz CT molecular complexity index is 455. The van der Waals surface area contributed by atoms with Gasteiger partial charge >= 0.3 is 0 Å². The summed E-state index contributed by atoms with van der Waals surface area (Å²) in [7, 11) is 0. The number of nitrogens with one attached hydrogen (secondary N) is 1. The maximum Gasteiger partial charge on any atom is 0.251 e. The van der Waals surface area contributed by atoms with Gasteiger partial charge in [-0.3, -0.25) is 4.79 Å². The number of nitrogens with two attached hydrogens (primary N) is 1. The SMILES string of the molecule is CCCc1cc(C(=O)NC(C)CC2CC2)cc(N)n1. The second-order valence-electron chi connectivity index (χ2n) is 5.58. The van der Waals surface area contributed by atoms with Crippen LogP contribution < -0.4 is 11.1 Å². The molecule has 0 bridgehead atoms. The molecule has 4 nitrogen and oxygen atoms in total. The third-order valence-electron chi connectivity index (χ3n) is 3.43. The minimum Gasteiger partial charge on any atom is -0.384 e. The molecular formula is C15H23N3O. The molecule has 1 fully saturated rings. The van der Waals surface area contributed by atoms with Gasteiger partial charge < -0.3 is 11.1 Å². The van der Waals surface area contributed by atoms with Gasteiger partial charge in [0.15, 0.2) is 0 Å². The lowest BCUT2D eigenvalue weighted by Gasteiger charge is -2.14. The van der Waals surface area contributed by atoms with E-state index >= 15 is 0 Å². The quantitative estimate of drug-likeness (QED) is 0.827. The molecule has 0 saturated heterocycles. The van der Waals surface area contributed by atoms with Gasteiger partial charge in [-0.2, -0.15) is 0 Å². The van der Waals surface area contributed by atoms with Crippen LogP contribution in [0.5, 0.6) is 0 Å². The van der Waals surface area contributed by atoms with Crippen LogP contribution >= 0.6 is 0 Å². The molecule has 0 spiro atoms. The molecule has 19 heavy (non-hydrogen) atoms. The third kappa shape index (κ3) is 4.23. The van der Waals surface area contributed by atoms with Crippen LogP contribution in [0.25, 0.3) is 0 Å². The van der Waals surface area contributed by atoms with Crippen molar-refractivity contribution >= 4 is 11.7 Å². The highest BCUT2D eigenvalue weighted by Crippen LogP contribution is 2.33. The highest BCUT2D eigenvalue weighted by atomic mass is 16.1. The van der Waals surface area contributed by atoms with E-state index in [4.69, 9.17) is 5.73 Å². The van der Waals surface area contributed by atoms with Crippen LogP contribution in [-0.4, -0.2) is 16.9 Å². The fourth-order valence-corrected chi connectivity index (χ4v) is 2.35. The third-order valence-corrected chi connectivity index (χ3v) is 3.43. The lowest BCUT2D eigenvalue weighted by Crippen LogP contribution is -2.33. The van der Waals surface area contributed by atoms with E-state index in [1.165, 1.54) is 12.8 Å². The monoisotopic (exact) mass is 261 g/mol. The highest BCUT2D eigenvalue weighted by Gasteiger charge is 2.24. The van der Waals surface area contributed by atoms with E-state index in [9.17, 15) is 4.79 Å². The maximum atomic E-state index is 12.2. The zero-order valence-electron chi connectivity index (χ0n) is 11.8. The molecule has 1 aliphatic carbocycles. The van der Waals surface area contributed by atoms with Gasteiger partial charge in [0.25, 0.3) is 5.91 Å². The molecule has 1 heterocycles. The Morgan fingerprint density at radius 3 is 2.89 bits per heavy atom. The Hall–Kier alpha value is -1.58. The standard InChI is InChI=1S/C15H23N3O/c1-3-4-13-8-12(9-14(16)18-13)15(19)17-10(2)7-11-5-6-11/h8-11H,3-7H2,1-2H3,(H2,16,18)(H,17,19). The molecule has 4 heteroatoms. The number of rotatable bonds is 6. The largest absolute Gasteiger partial charge is 0.384 e. The van der Waals surface area contributed by atoms with Crippen molar-refractivity contribution in [2.45, 2.75) is 52.0 Å². The summed E-state index contributed by atoms with van der Waals surface area (Å²) < 4.78 is 0. The Morgan fingerprint density at radius 1 is 1.53 bits per heavy atom. The Labute approximate surface area is 114 Å². The van der Waals surface area contributed by atoms with E-state index in [1.54, 1.807) is 6.07 Å². The van der Waals surface area contributed by atoms with Crippen molar-refractivity contribution in [3.8, 4) is 0 Å². The summed E-state index contributed by atoms with van der Waals surface area (Å²) in [6.45, 7) is 4.15. The van der Waals surface area contributed by atoms with E-state index in [0.29, 0.717) is 11.4 Å². The zero-order chi connectivity index (χ0) is 13.8. The molecule has 2 rings (SSSR count). The fourth-order valence-electron chi connectivity index (χ4n) is 2.35. The van der Waals surface area contributed by atoms with Gasteiger partial charge in [-0.15, -0.1) is 0 Å². The van der Waals surface area contributed by atoms with Crippen LogP contribution in [0.15, 0.2) is 12.1 Å². The Morgan fingerprint density at radius 2 is 2.26 bits per heavy atom. The number of aromatic nitrogens is 1. The number of aryl methyl sites for hydroxylation is 1. The van der Waals surface area contributed by atoms with Crippen LogP contribution in [0.4, 0.5) is 5.82 Å². The summed E-state index contributed by atoms with van der Waals surface area (Å²) in [6.07, 6.45) is 5.54. The van der Waals surface area contributed by atoms with Gasteiger partial charge in [0.2, 0.25) is 0 Å². The Kier molecular flexibility index (Phi) is 4.40. The predicted molar refractivity (Wildman–Crippen MR) is 76.9 cm³/mol. The number of carbonyl (C=O) groups excluding carboxylic acids is 1. The molecule has 0 radical (unpaired) electrons. The maximum absolute atomic E-state index is 12.2. The fraction of sp³-hybridized carbons (Fsp3) is 0.600. The van der Waals surface area contributed by atoms with E-state index in [-0.39, 0.29) is 11.9 Å². The number of nitrogens with zero attached hydrogens (tertiary/aromatic N) is 1. The smallest absolute Gasteiger partial charge is 0.251 e. The number of hydrogen-bond donors (Lipinski definition) is 2. The lowest BCUT2D eigenvalue weighted by atomic mass is 10.1. The normalized spacial score (nSPS) is 16.1. The minimum atomic E-state index is -0.0420. The first kappa shape index (κ1) is 13.8. The first-order valence-corrected chi connectivity index (χ1v) is 7.15. The minimum absolute atomic E-state index is 0.0420. The molecule has 1 saturated carbocycles. The van der Waals surface area contributed by atoms with Crippen LogP contribution in [0.1, 0.15) is 55.6 Å². The van der Waals surface area contributed by atoms with Crippen molar-refractivity contribution < 1.29 is 4.79 Å². The molecule has 0 aromatic carbocycles. The zero-order valence-corrected chi connectivity index (χ0v) is 11.8. The van der Waals surface area contributed by atoms with Crippen LogP contribution in [0.3, 0.4) is 0 Å². The van der Waals surface area contributed by atoms with E-state index in [0.717, 1.165) is 30.9 Å². The van der Waals surface area contributed by atoms with Crippen molar-refractivity contribution in [1.29, 1.82) is 0 Å². The average molecular weight is 261 g/mol. The summed E-state index contributed by atoms with van der Waals surface area (Å²) in [4.78, 5) is 16.4. The van der Waals surface area contributed by atoms with Gasteiger partial charge in [0, 0.05) is 17.3 Å². The van der Waals surface area contributed by atoms with Gasteiger partial charge in [-0.1, -0.05) is 26.2 Å². The van der Waals surface area contributed by atoms with Gasteiger partial charge in [-0.25, -0.2) is 4.98 Å². The number of nitrogen functional groups attached to an aromatic ring is 1. The second-order valence-corrected chi connectivity index (χ2v) is 5.58. The lowest BCUT2D eigenvalue weighted by molar-refractivity contribution is 0.0937. The molecule has 1 amide bonds. The van der Waals surface area contributed by atoms with Crippen LogP contribution in [0.2, 0.25) is 0 Å². The van der Waals surface area contributed by atoms with Crippen molar-refractivity contribution in [2.75, 3.05) is 5.73 Å². The molecule has 3 N–H and O–H groups in total. The van der Waals surface area contributed by atoms with E-state index < -0.39 is 0 Å². The highest BCUT2D eigenvalue weighted by molar-refractivity contribution is 5.95. The molecule has 104 valence electrons. The summed E-state index contributed by atoms with van der Waals surface area (Å²) in [6, 6.07) is 3.72. The Balaban J connectivity index is 2.00. The van der Waals surface area contributed by atoms with E-state index in [2.05, 4.69) is 24.1 Å². The number of hydrogen-bond acceptors (Lipinski definition) is 3. The van der Waals surface area contributed by atoms with Crippen molar-refractivity contribution in [3.05, 3.63) is 23.4 Å². The number of pyridine rings is 1. The molecule has 1 aromatic heterocycles. The summed E-state index contributed by atoms with van der Waals surface area (Å²) in [5, 5.41) is 3.04. The van der Waals surface area contributed by atoms with Gasteiger partial charge in [0.05, 0.1) is 0 Å². The summed E-state index contributed by atoms with van der Waals surface area (Å²) in [5.74, 6) is 1.19. The van der Waals surface area contributed by atoms with Crippen LogP contribution in [0, 0.1) is 5.92 Å². The predicted octanol–water partition coefficient (Wildman–Crippen LogP) is 2.53. The molecule has 1 aliphatic rings. The molecule has 1 unspecified atom stereocenters. The van der Waals surface area contributed by atoms with Crippen molar-refractivity contribution in [1.82, 2.24) is 10.3 Å². The average Bonchev–Trinajstić information content (AvgIpc) is 3.12.